The molecule has 0 bridgehead atoms. The first kappa shape index (κ1) is 24.1. The van der Waals surface area contributed by atoms with E-state index in [4.69, 9.17) is 0 Å². The summed E-state index contributed by atoms with van der Waals surface area (Å²) in [4.78, 5) is 12.4. The molecule has 178 valence electrons. The van der Waals surface area contributed by atoms with Gasteiger partial charge in [-0.05, 0) is 78.6 Å². The van der Waals surface area contributed by atoms with E-state index in [1.54, 1.807) is 6.07 Å². The normalized spacial score (nSPS) is 19.2. The molecule has 7 nitrogen and oxygen atoms in total. The quantitative estimate of drug-likeness (QED) is 0.422. The molecule has 33 heavy (non-hydrogen) atoms. The predicted octanol–water partition coefficient (Wildman–Crippen LogP) is 4.10. The third-order valence-corrected chi connectivity index (χ3v) is 7.70. The lowest BCUT2D eigenvalue weighted by molar-refractivity contribution is -0.126. The van der Waals surface area contributed by atoms with Gasteiger partial charge in [-0.2, -0.15) is 12.7 Å². The smallest absolute Gasteiger partial charge is 0.301 e. The first-order valence-corrected chi connectivity index (χ1v) is 12.9. The van der Waals surface area contributed by atoms with Crippen molar-refractivity contribution in [3.63, 3.8) is 0 Å². The van der Waals surface area contributed by atoms with Gasteiger partial charge in [0.2, 0.25) is 5.91 Å². The summed E-state index contributed by atoms with van der Waals surface area (Å²) in [7, 11) is -4.20. The molecule has 3 N–H and O–H groups in total. The summed E-state index contributed by atoms with van der Waals surface area (Å²) in [6, 6.07) is 6.11. The molecule has 0 radical (unpaired) electrons. The number of nitrogens with one attached hydrogen (secondary N) is 3. The van der Waals surface area contributed by atoms with Gasteiger partial charge in [0, 0.05) is 22.7 Å². The molecule has 4 rings (SSSR count). The summed E-state index contributed by atoms with van der Waals surface area (Å²) in [6.07, 6.45) is 2.90. The third-order valence-electron chi connectivity index (χ3n) is 5.54. The van der Waals surface area contributed by atoms with Gasteiger partial charge in [-0.3, -0.25) is 9.52 Å². The maximum Gasteiger partial charge on any atom is 0.301 e. The molecule has 2 aliphatic rings. The molecule has 1 heterocycles. The van der Waals surface area contributed by atoms with Crippen LogP contribution in [-0.4, -0.2) is 37.8 Å². The van der Waals surface area contributed by atoms with Crippen LogP contribution in [0.2, 0.25) is 0 Å². The molecule has 1 aliphatic heterocycles. The fourth-order valence-corrected chi connectivity index (χ4v) is 5.38. The molecule has 1 saturated carbocycles. The minimum Gasteiger partial charge on any atom is -0.353 e. The molecule has 0 spiro atoms. The van der Waals surface area contributed by atoms with Gasteiger partial charge in [-0.1, -0.05) is 0 Å². The molecule has 1 unspecified atom stereocenters. The van der Waals surface area contributed by atoms with Gasteiger partial charge in [0.15, 0.2) is 11.6 Å². The Morgan fingerprint density at radius 2 is 1.76 bits per heavy atom. The molecule has 1 saturated heterocycles. The zero-order valence-corrected chi connectivity index (χ0v) is 20.4. The van der Waals surface area contributed by atoms with Crippen LogP contribution in [0.5, 0.6) is 0 Å². The van der Waals surface area contributed by atoms with E-state index in [1.165, 1.54) is 12.1 Å². The zero-order valence-electron chi connectivity index (χ0n) is 17.4. The van der Waals surface area contributed by atoms with E-state index in [2.05, 4.69) is 15.4 Å². The number of amides is 1. The highest BCUT2D eigenvalue weighted by atomic mass is 127. The van der Waals surface area contributed by atoms with Crippen LogP contribution < -0.4 is 15.4 Å². The highest BCUT2D eigenvalue weighted by Crippen LogP contribution is 2.33. The molecule has 2 fully saturated rings. The number of carbonyl (C=O) groups is 1. The van der Waals surface area contributed by atoms with E-state index in [1.807, 2.05) is 22.6 Å². The van der Waals surface area contributed by atoms with Crippen LogP contribution in [0.25, 0.3) is 0 Å². The summed E-state index contributed by atoms with van der Waals surface area (Å²) in [5.74, 6) is -3.95. The molecular formula is C21H22F3IN4O3S. The Hall–Kier alpha value is -2.06. The fourth-order valence-electron chi connectivity index (χ4n) is 3.61. The van der Waals surface area contributed by atoms with Crippen molar-refractivity contribution in [3.8, 4) is 0 Å². The van der Waals surface area contributed by atoms with Crippen molar-refractivity contribution >= 4 is 55.8 Å². The fraction of sp³-hybridized carbons (Fsp3) is 0.381. The van der Waals surface area contributed by atoms with E-state index in [0.29, 0.717) is 16.4 Å². The molecule has 0 aromatic heterocycles. The zero-order chi connectivity index (χ0) is 23.8. The molecule has 2 aromatic rings. The lowest BCUT2D eigenvalue weighted by atomic mass is 9.99. The third kappa shape index (κ3) is 5.72. The van der Waals surface area contributed by atoms with Crippen molar-refractivity contribution < 1.29 is 26.4 Å². The average Bonchev–Trinajstić information content (AvgIpc) is 3.59. The van der Waals surface area contributed by atoms with Gasteiger partial charge in [0.05, 0.1) is 17.3 Å². The van der Waals surface area contributed by atoms with Gasteiger partial charge in [0.1, 0.15) is 11.5 Å². The van der Waals surface area contributed by atoms with Crippen LogP contribution in [0.3, 0.4) is 0 Å². The Labute approximate surface area is 203 Å². The van der Waals surface area contributed by atoms with Gasteiger partial charge in [-0.25, -0.2) is 13.2 Å². The van der Waals surface area contributed by atoms with Crippen molar-refractivity contribution in [2.75, 3.05) is 23.1 Å². The van der Waals surface area contributed by atoms with Crippen molar-refractivity contribution in [3.05, 3.63) is 51.4 Å². The number of carbonyl (C=O) groups excluding carboxylic acids is 1. The Morgan fingerprint density at radius 1 is 1.03 bits per heavy atom. The highest BCUT2D eigenvalue weighted by Gasteiger charge is 2.35. The van der Waals surface area contributed by atoms with Crippen molar-refractivity contribution in [1.82, 2.24) is 9.62 Å². The minimum absolute atomic E-state index is 0.0218. The van der Waals surface area contributed by atoms with Gasteiger partial charge < -0.3 is 10.6 Å². The Bertz CT molecular complexity index is 1180. The van der Waals surface area contributed by atoms with Crippen molar-refractivity contribution in [1.29, 1.82) is 0 Å². The van der Waals surface area contributed by atoms with Crippen LogP contribution in [-0.2, 0) is 15.0 Å². The number of halogens is 4. The summed E-state index contributed by atoms with van der Waals surface area (Å²) in [5.41, 5.74) is -0.967. The van der Waals surface area contributed by atoms with Gasteiger partial charge in [0.25, 0.3) is 0 Å². The summed E-state index contributed by atoms with van der Waals surface area (Å²) < 4.78 is 72.8. The number of piperidine rings is 1. The molecule has 1 amide bonds. The summed E-state index contributed by atoms with van der Waals surface area (Å²) in [6.45, 7) is 0.160. The minimum atomic E-state index is -4.20. The van der Waals surface area contributed by atoms with Gasteiger partial charge in [-0.15, -0.1) is 0 Å². The maximum atomic E-state index is 14.6. The monoisotopic (exact) mass is 594 g/mol. The number of rotatable bonds is 7. The topological polar surface area (TPSA) is 90.5 Å². The van der Waals surface area contributed by atoms with Crippen molar-refractivity contribution in [2.24, 2.45) is 5.92 Å². The Kier molecular flexibility index (Phi) is 7.05. The van der Waals surface area contributed by atoms with Crippen LogP contribution in [0.15, 0.2) is 30.3 Å². The predicted molar refractivity (Wildman–Crippen MR) is 127 cm³/mol. The second-order valence-corrected chi connectivity index (χ2v) is 11.0. The Balaban J connectivity index is 1.56. The van der Waals surface area contributed by atoms with E-state index >= 15 is 0 Å². The van der Waals surface area contributed by atoms with E-state index in [0.717, 1.165) is 29.3 Å². The van der Waals surface area contributed by atoms with Crippen LogP contribution in [0.1, 0.15) is 25.7 Å². The van der Waals surface area contributed by atoms with Crippen LogP contribution >= 0.6 is 22.6 Å². The molecule has 12 heteroatoms. The lowest BCUT2D eigenvalue weighted by Crippen LogP contribution is -2.47. The standard InChI is InChI=1S/C21H22F3IN4O3S/c22-15-6-8-18(20(19(15)24)27-17-7-3-13(25)10-16(17)23)28-33(31,32)29-9-1-2-12(11-29)21(30)26-14-4-5-14/h3,6-8,10,12,14,27-28H,1-2,4-5,9,11H2,(H,26,30). The van der Waals surface area contributed by atoms with E-state index in [9.17, 15) is 26.4 Å². The molecular weight excluding hydrogens is 572 g/mol. The second-order valence-electron chi connectivity index (χ2n) is 8.12. The molecule has 1 aliphatic carbocycles. The first-order valence-electron chi connectivity index (χ1n) is 10.4. The van der Waals surface area contributed by atoms with E-state index < -0.39 is 39.3 Å². The average molecular weight is 594 g/mol. The van der Waals surface area contributed by atoms with Crippen LogP contribution in [0.4, 0.5) is 30.2 Å². The maximum absolute atomic E-state index is 14.6. The summed E-state index contributed by atoms with van der Waals surface area (Å²) in [5, 5.41) is 5.34. The summed E-state index contributed by atoms with van der Waals surface area (Å²) >= 11 is 1.90. The van der Waals surface area contributed by atoms with Crippen molar-refractivity contribution in [2.45, 2.75) is 31.7 Å². The Morgan fingerprint density at radius 3 is 2.45 bits per heavy atom. The highest BCUT2D eigenvalue weighted by molar-refractivity contribution is 14.1. The number of hydrogen-bond acceptors (Lipinski definition) is 4. The number of benzene rings is 2. The molecule has 2 aromatic carbocycles. The second kappa shape index (κ2) is 9.66. The lowest BCUT2D eigenvalue weighted by Gasteiger charge is -2.31. The van der Waals surface area contributed by atoms with Crippen LogP contribution in [0, 0.1) is 26.9 Å². The van der Waals surface area contributed by atoms with Gasteiger partial charge >= 0.3 is 10.2 Å². The number of anilines is 3. The number of hydrogen-bond donors (Lipinski definition) is 3. The molecule has 1 atom stereocenters. The first-order chi connectivity index (χ1) is 15.6. The van der Waals surface area contributed by atoms with E-state index in [-0.39, 0.29) is 36.4 Å². The number of nitrogens with zero attached hydrogens (tertiary/aromatic N) is 1. The largest absolute Gasteiger partial charge is 0.353 e. The SMILES string of the molecule is O=C(NC1CC1)C1CCCN(S(=O)(=O)Nc2ccc(F)c(F)c2Nc2ccc(I)cc2F)C1.